The predicted molar refractivity (Wildman–Crippen MR) is 75.3 cm³/mol. The number of esters is 1. The number of hydrogen-bond acceptors (Lipinski definition) is 4. The van der Waals surface area contributed by atoms with Crippen molar-refractivity contribution in [2.24, 2.45) is 0 Å². The first-order valence-electron chi connectivity index (χ1n) is 6.39. The molecule has 0 aliphatic carbocycles. The van der Waals surface area contributed by atoms with Gasteiger partial charge in [0.25, 0.3) is 0 Å². The summed E-state index contributed by atoms with van der Waals surface area (Å²) in [6.45, 7) is 5.24. The molecule has 5 heteroatoms. The van der Waals surface area contributed by atoms with Crippen LogP contribution in [0.2, 0.25) is 5.02 Å². The van der Waals surface area contributed by atoms with Crippen LogP contribution in [0.1, 0.15) is 12.5 Å². The van der Waals surface area contributed by atoms with Crippen LogP contribution in [0.25, 0.3) is 0 Å². The van der Waals surface area contributed by atoms with E-state index in [4.69, 9.17) is 16.3 Å². The average molecular weight is 283 g/mol. The molecule has 0 bridgehead atoms. The van der Waals surface area contributed by atoms with Gasteiger partial charge in [-0.2, -0.15) is 0 Å². The van der Waals surface area contributed by atoms with E-state index in [1.54, 1.807) is 6.07 Å². The van der Waals surface area contributed by atoms with Crippen molar-refractivity contribution in [1.82, 2.24) is 10.2 Å². The highest BCUT2D eigenvalue weighted by Crippen LogP contribution is 2.31. The number of hydrogen-bond donors (Lipinski definition) is 1. The second-order valence-electron chi connectivity index (χ2n) is 4.81. The fourth-order valence-electron chi connectivity index (χ4n) is 2.53. The zero-order valence-electron chi connectivity index (χ0n) is 11.3. The van der Waals surface area contributed by atoms with Crippen molar-refractivity contribution in [3.63, 3.8) is 0 Å². The smallest absolute Gasteiger partial charge is 0.330 e. The number of ether oxygens (including phenoxy) is 1. The van der Waals surface area contributed by atoms with Crippen LogP contribution in [0.4, 0.5) is 0 Å². The fourth-order valence-corrected chi connectivity index (χ4v) is 2.72. The summed E-state index contributed by atoms with van der Waals surface area (Å²) in [5.74, 6) is -0.253. The zero-order chi connectivity index (χ0) is 13.9. The lowest BCUT2D eigenvalue weighted by Crippen LogP contribution is -2.57. The van der Waals surface area contributed by atoms with Crippen molar-refractivity contribution in [3.8, 4) is 0 Å². The summed E-state index contributed by atoms with van der Waals surface area (Å²) in [6, 6.07) is 7.42. The standard InChI is InChI=1S/C14H19ClN2O2/c1-14(13(18)19-2,17-8-6-16-7-9-17)11-4-3-5-12(15)10-11/h3-5,10,16H,6-9H2,1-2H3. The molecule has 1 fully saturated rings. The summed E-state index contributed by atoms with van der Waals surface area (Å²) in [5, 5.41) is 3.91. The highest BCUT2D eigenvalue weighted by Gasteiger charge is 2.42. The minimum absolute atomic E-state index is 0.253. The number of carbonyl (C=O) groups excluding carboxylic acids is 1. The number of methoxy groups -OCH3 is 1. The van der Waals surface area contributed by atoms with Crippen molar-refractivity contribution in [1.29, 1.82) is 0 Å². The lowest BCUT2D eigenvalue weighted by atomic mass is 9.89. The van der Waals surface area contributed by atoms with Crippen LogP contribution in [0.15, 0.2) is 24.3 Å². The third-order valence-electron chi connectivity index (χ3n) is 3.72. The lowest BCUT2D eigenvalue weighted by Gasteiger charge is -2.41. The van der Waals surface area contributed by atoms with Crippen molar-refractivity contribution in [2.75, 3.05) is 33.3 Å². The molecule has 0 aromatic heterocycles. The Morgan fingerprint density at radius 2 is 2.11 bits per heavy atom. The van der Waals surface area contributed by atoms with Gasteiger partial charge in [-0.05, 0) is 24.6 Å². The van der Waals surface area contributed by atoms with E-state index in [1.807, 2.05) is 25.1 Å². The molecule has 0 spiro atoms. The maximum absolute atomic E-state index is 12.3. The maximum atomic E-state index is 12.3. The van der Waals surface area contributed by atoms with Gasteiger partial charge in [-0.25, -0.2) is 4.79 Å². The van der Waals surface area contributed by atoms with Crippen molar-refractivity contribution in [2.45, 2.75) is 12.5 Å². The zero-order valence-corrected chi connectivity index (χ0v) is 12.0. The number of nitrogens with zero attached hydrogens (tertiary/aromatic N) is 1. The Bertz CT molecular complexity index is 461. The first kappa shape index (κ1) is 14.3. The van der Waals surface area contributed by atoms with Crippen LogP contribution in [0, 0.1) is 0 Å². The molecule has 19 heavy (non-hydrogen) atoms. The third kappa shape index (κ3) is 2.76. The largest absolute Gasteiger partial charge is 0.467 e. The van der Waals surface area contributed by atoms with E-state index in [0.29, 0.717) is 5.02 Å². The van der Waals surface area contributed by atoms with Gasteiger partial charge in [0, 0.05) is 31.2 Å². The highest BCUT2D eigenvalue weighted by molar-refractivity contribution is 6.30. The molecule has 1 unspecified atom stereocenters. The van der Waals surface area contributed by atoms with Crippen LogP contribution < -0.4 is 5.32 Å². The molecule has 1 heterocycles. The molecule has 0 radical (unpaired) electrons. The van der Waals surface area contributed by atoms with E-state index in [2.05, 4.69) is 10.2 Å². The van der Waals surface area contributed by atoms with E-state index in [9.17, 15) is 4.79 Å². The quantitative estimate of drug-likeness (QED) is 0.856. The summed E-state index contributed by atoms with van der Waals surface area (Å²) in [6.07, 6.45) is 0. The molecule has 1 saturated heterocycles. The first-order valence-corrected chi connectivity index (χ1v) is 6.77. The van der Waals surface area contributed by atoms with Gasteiger partial charge in [0.1, 0.15) is 5.54 Å². The van der Waals surface area contributed by atoms with Gasteiger partial charge in [0.2, 0.25) is 0 Å². The maximum Gasteiger partial charge on any atom is 0.330 e. The Morgan fingerprint density at radius 3 is 2.68 bits per heavy atom. The molecule has 104 valence electrons. The lowest BCUT2D eigenvalue weighted by molar-refractivity contribution is -0.155. The van der Waals surface area contributed by atoms with Crippen molar-refractivity contribution >= 4 is 17.6 Å². The SMILES string of the molecule is COC(=O)C(C)(c1cccc(Cl)c1)N1CCNCC1. The monoisotopic (exact) mass is 282 g/mol. The topological polar surface area (TPSA) is 41.6 Å². The molecular formula is C14H19ClN2O2. The van der Waals surface area contributed by atoms with E-state index in [1.165, 1.54) is 7.11 Å². The second kappa shape index (κ2) is 5.90. The summed E-state index contributed by atoms with van der Waals surface area (Å²) in [5.41, 5.74) is 0.0793. The van der Waals surface area contributed by atoms with Crippen LogP contribution in [-0.4, -0.2) is 44.2 Å². The van der Waals surface area contributed by atoms with Crippen molar-refractivity contribution < 1.29 is 9.53 Å². The average Bonchev–Trinajstić information content (AvgIpc) is 2.46. The van der Waals surface area contributed by atoms with Gasteiger partial charge in [0.15, 0.2) is 0 Å². The van der Waals surface area contributed by atoms with Crippen LogP contribution in [-0.2, 0) is 15.1 Å². The van der Waals surface area contributed by atoms with E-state index >= 15 is 0 Å². The summed E-state index contributed by atoms with van der Waals surface area (Å²) < 4.78 is 5.02. The molecular weight excluding hydrogens is 264 g/mol. The Kier molecular flexibility index (Phi) is 4.45. The van der Waals surface area contributed by atoms with Gasteiger partial charge in [-0.3, -0.25) is 4.90 Å². The van der Waals surface area contributed by atoms with Crippen LogP contribution in [0.3, 0.4) is 0 Å². The van der Waals surface area contributed by atoms with Gasteiger partial charge >= 0.3 is 5.97 Å². The molecule has 2 rings (SSSR count). The highest BCUT2D eigenvalue weighted by atomic mass is 35.5. The van der Waals surface area contributed by atoms with E-state index < -0.39 is 5.54 Å². The normalized spacial score (nSPS) is 19.7. The summed E-state index contributed by atoms with van der Waals surface area (Å²) in [7, 11) is 1.42. The minimum Gasteiger partial charge on any atom is -0.467 e. The molecule has 1 atom stereocenters. The van der Waals surface area contributed by atoms with E-state index in [-0.39, 0.29) is 5.97 Å². The van der Waals surface area contributed by atoms with Gasteiger partial charge < -0.3 is 10.1 Å². The number of benzene rings is 1. The molecule has 1 aromatic rings. The Morgan fingerprint density at radius 1 is 1.42 bits per heavy atom. The van der Waals surface area contributed by atoms with Crippen LogP contribution in [0.5, 0.6) is 0 Å². The Labute approximate surface area is 118 Å². The van der Waals surface area contributed by atoms with Gasteiger partial charge in [0.05, 0.1) is 7.11 Å². The molecule has 1 aliphatic heterocycles. The van der Waals surface area contributed by atoms with Gasteiger partial charge in [-0.1, -0.05) is 23.7 Å². The Hall–Kier alpha value is -1.10. The fraction of sp³-hybridized carbons (Fsp3) is 0.500. The van der Waals surface area contributed by atoms with Crippen LogP contribution >= 0.6 is 11.6 Å². The third-order valence-corrected chi connectivity index (χ3v) is 3.95. The molecule has 1 N–H and O–H groups in total. The van der Waals surface area contributed by atoms with Crippen molar-refractivity contribution in [3.05, 3.63) is 34.9 Å². The number of nitrogens with one attached hydrogen (secondary N) is 1. The first-order chi connectivity index (χ1) is 9.09. The van der Waals surface area contributed by atoms with Gasteiger partial charge in [-0.15, -0.1) is 0 Å². The number of piperazine rings is 1. The summed E-state index contributed by atoms with van der Waals surface area (Å²) in [4.78, 5) is 14.5. The molecule has 1 aromatic carbocycles. The minimum atomic E-state index is -0.790. The molecule has 0 saturated carbocycles. The number of rotatable bonds is 3. The number of halogens is 1. The molecule has 0 amide bonds. The number of carbonyl (C=O) groups is 1. The molecule has 4 nitrogen and oxygen atoms in total. The predicted octanol–water partition coefficient (Wildman–Crippen LogP) is 1.63. The molecule has 1 aliphatic rings. The summed E-state index contributed by atoms with van der Waals surface area (Å²) >= 11 is 6.05. The van der Waals surface area contributed by atoms with E-state index in [0.717, 1.165) is 31.7 Å². The Balaban J connectivity index is 2.41. The second-order valence-corrected chi connectivity index (χ2v) is 5.25.